The van der Waals surface area contributed by atoms with Gasteiger partial charge in [-0.2, -0.15) is 0 Å². The maximum atomic E-state index is 12.4. The van der Waals surface area contributed by atoms with Crippen molar-refractivity contribution in [1.82, 2.24) is 25.0 Å². The lowest BCUT2D eigenvalue weighted by Gasteiger charge is -2.32. The van der Waals surface area contributed by atoms with E-state index in [-0.39, 0.29) is 6.03 Å². The first-order valence-corrected chi connectivity index (χ1v) is 8.62. The molecule has 1 saturated heterocycles. The van der Waals surface area contributed by atoms with Gasteiger partial charge in [-0.05, 0) is 30.7 Å². The number of amides is 2. The van der Waals surface area contributed by atoms with E-state index in [0.29, 0.717) is 12.5 Å². The van der Waals surface area contributed by atoms with Crippen molar-refractivity contribution in [2.24, 2.45) is 13.0 Å². The first kappa shape index (κ1) is 16.5. The molecule has 1 fully saturated rings. The Hall–Kier alpha value is -2.37. The number of nitrogens with zero attached hydrogens (tertiary/aromatic N) is 4. The number of hydrogen-bond donors (Lipinski definition) is 1. The lowest BCUT2D eigenvalue weighted by molar-refractivity contribution is 0.164. The van der Waals surface area contributed by atoms with Gasteiger partial charge in [-0.25, -0.2) is 4.79 Å². The van der Waals surface area contributed by atoms with Gasteiger partial charge < -0.3 is 14.8 Å². The van der Waals surface area contributed by atoms with Gasteiger partial charge >= 0.3 is 6.03 Å². The smallest absolute Gasteiger partial charge is 0.317 e. The maximum absolute atomic E-state index is 12.4. The minimum Gasteiger partial charge on any atom is -0.338 e. The normalized spacial score (nSPS) is 17.7. The first-order chi connectivity index (χ1) is 11.7. The quantitative estimate of drug-likeness (QED) is 0.914. The second-order valence-electron chi connectivity index (χ2n) is 6.48. The van der Waals surface area contributed by atoms with Gasteiger partial charge in [0.05, 0.1) is 0 Å². The Morgan fingerprint density at radius 1 is 1.33 bits per heavy atom. The van der Waals surface area contributed by atoms with E-state index >= 15 is 0 Å². The van der Waals surface area contributed by atoms with Crippen molar-refractivity contribution in [3.05, 3.63) is 48.0 Å². The van der Waals surface area contributed by atoms with Crippen molar-refractivity contribution < 1.29 is 4.79 Å². The average molecular weight is 327 g/mol. The fourth-order valence-electron chi connectivity index (χ4n) is 3.24. The molecule has 6 nitrogen and oxygen atoms in total. The third-order valence-electron chi connectivity index (χ3n) is 4.62. The van der Waals surface area contributed by atoms with Gasteiger partial charge in [0.25, 0.3) is 0 Å². The molecule has 1 aromatic heterocycles. The molecule has 1 aliphatic rings. The van der Waals surface area contributed by atoms with Crippen LogP contribution in [0.2, 0.25) is 0 Å². The number of likely N-dealkylation sites (tertiary alicyclic amines) is 1. The molecule has 1 atom stereocenters. The number of benzene rings is 1. The predicted octanol–water partition coefficient (Wildman–Crippen LogP) is 2.02. The van der Waals surface area contributed by atoms with E-state index in [1.54, 1.807) is 6.33 Å². The summed E-state index contributed by atoms with van der Waals surface area (Å²) in [5, 5.41) is 11.1. The molecule has 0 aliphatic carbocycles. The summed E-state index contributed by atoms with van der Waals surface area (Å²) in [6.07, 6.45) is 5.66. The number of urea groups is 1. The number of nitrogens with one attached hydrogen (secondary N) is 1. The van der Waals surface area contributed by atoms with Gasteiger partial charge in [-0.15, -0.1) is 10.2 Å². The molecular formula is C18H25N5O. The highest BCUT2D eigenvalue weighted by Gasteiger charge is 2.24. The number of hydrogen-bond acceptors (Lipinski definition) is 3. The van der Waals surface area contributed by atoms with Crippen molar-refractivity contribution in [3.63, 3.8) is 0 Å². The fraction of sp³-hybridized carbons (Fsp3) is 0.500. The zero-order valence-corrected chi connectivity index (χ0v) is 14.2. The Morgan fingerprint density at radius 3 is 2.92 bits per heavy atom. The number of rotatable bonds is 5. The fourth-order valence-corrected chi connectivity index (χ4v) is 3.24. The highest BCUT2D eigenvalue weighted by atomic mass is 16.2. The zero-order chi connectivity index (χ0) is 16.8. The van der Waals surface area contributed by atoms with Crippen molar-refractivity contribution in [2.45, 2.75) is 25.7 Å². The van der Waals surface area contributed by atoms with Crippen LogP contribution in [0.15, 0.2) is 36.7 Å². The zero-order valence-electron chi connectivity index (χ0n) is 14.2. The minimum absolute atomic E-state index is 0.0496. The molecule has 1 aromatic carbocycles. The molecule has 0 radical (unpaired) electrons. The Morgan fingerprint density at radius 2 is 2.17 bits per heavy atom. The topological polar surface area (TPSA) is 63.1 Å². The van der Waals surface area contributed by atoms with Crippen molar-refractivity contribution in [3.8, 4) is 0 Å². The van der Waals surface area contributed by atoms with E-state index in [2.05, 4.69) is 27.6 Å². The minimum atomic E-state index is 0.0496. The van der Waals surface area contributed by atoms with Crippen molar-refractivity contribution in [1.29, 1.82) is 0 Å². The lowest BCUT2D eigenvalue weighted by atomic mass is 9.94. The van der Waals surface area contributed by atoms with Gasteiger partial charge in [-0.1, -0.05) is 30.3 Å². The Kier molecular flexibility index (Phi) is 5.46. The highest BCUT2D eigenvalue weighted by molar-refractivity contribution is 5.74. The third-order valence-corrected chi connectivity index (χ3v) is 4.62. The van der Waals surface area contributed by atoms with E-state index in [1.165, 1.54) is 5.56 Å². The second kappa shape index (κ2) is 7.95. The molecule has 1 aliphatic heterocycles. The monoisotopic (exact) mass is 327 g/mol. The van der Waals surface area contributed by atoms with Crippen LogP contribution in [0.1, 0.15) is 24.2 Å². The Labute approximate surface area is 142 Å². The maximum Gasteiger partial charge on any atom is 0.317 e. The lowest BCUT2D eigenvalue weighted by Crippen LogP contribution is -2.46. The van der Waals surface area contributed by atoms with Gasteiger partial charge in [0.1, 0.15) is 12.2 Å². The first-order valence-electron chi connectivity index (χ1n) is 8.62. The Balaban J connectivity index is 1.45. The van der Waals surface area contributed by atoms with Crippen molar-refractivity contribution >= 4 is 6.03 Å². The molecule has 1 N–H and O–H groups in total. The van der Waals surface area contributed by atoms with Crippen LogP contribution in [0, 0.1) is 5.92 Å². The summed E-state index contributed by atoms with van der Waals surface area (Å²) in [6.45, 7) is 2.31. The SMILES string of the molecule is Cn1cnnc1CC1CCCN(C(=O)NCCc2ccccc2)C1. The summed E-state index contributed by atoms with van der Waals surface area (Å²) < 4.78 is 1.96. The summed E-state index contributed by atoms with van der Waals surface area (Å²) in [4.78, 5) is 14.3. The largest absolute Gasteiger partial charge is 0.338 e. The molecule has 0 spiro atoms. The summed E-state index contributed by atoms with van der Waals surface area (Å²) in [5.41, 5.74) is 1.25. The molecule has 3 rings (SSSR count). The molecule has 128 valence electrons. The molecular weight excluding hydrogens is 302 g/mol. The van der Waals surface area contributed by atoms with Crippen LogP contribution in [0.4, 0.5) is 4.79 Å². The Bertz CT molecular complexity index is 654. The summed E-state index contributed by atoms with van der Waals surface area (Å²) in [5.74, 6) is 1.45. The van der Waals surface area contributed by atoms with Crippen LogP contribution in [0.25, 0.3) is 0 Å². The van der Waals surface area contributed by atoms with E-state index < -0.39 is 0 Å². The number of carbonyl (C=O) groups excluding carboxylic acids is 1. The molecule has 24 heavy (non-hydrogen) atoms. The molecule has 2 heterocycles. The molecule has 2 amide bonds. The van der Waals surface area contributed by atoms with Gasteiger partial charge in [0, 0.05) is 33.1 Å². The van der Waals surface area contributed by atoms with Crippen LogP contribution in [-0.4, -0.2) is 45.3 Å². The molecule has 0 bridgehead atoms. The van der Waals surface area contributed by atoms with E-state index in [0.717, 1.165) is 44.6 Å². The van der Waals surface area contributed by atoms with Crippen LogP contribution >= 0.6 is 0 Å². The predicted molar refractivity (Wildman–Crippen MR) is 92.5 cm³/mol. The van der Waals surface area contributed by atoms with Crippen LogP contribution in [0.3, 0.4) is 0 Å². The number of carbonyl (C=O) groups is 1. The number of aryl methyl sites for hydroxylation is 1. The summed E-state index contributed by atoms with van der Waals surface area (Å²) >= 11 is 0. The standard InChI is InChI=1S/C18H25N5O/c1-22-14-20-21-17(22)12-16-8-5-11-23(13-16)18(24)19-10-9-15-6-3-2-4-7-15/h2-4,6-7,14,16H,5,8-13H2,1H3,(H,19,24). The van der Waals surface area contributed by atoms with E-state index in [1.807, 2.05) is 34.7 Å². The molecule has 2 aromatic rings. The van der Waals surface area contributed by atoms with Crippen LogP contribution in [0.5, 0.6) is 0 Å². The average Bonchev–Trinajstić information content (AvgIpc) is 3.01. The van der Waals surface area contributed by atoms with Crippen LogP contribution < -0.4 is 5.32 Å². The molecule has 1 unspecified atom stereocenters. The van der Waals surface area contributed by atoms with E-state index in [4.69, 9.17) is 0 Å². The van der Waals surface area contributed by atoms with Crippen molar-refractivity contribution in [2.75, 3.05) is 19.6 Å². The van der Waals surface area contributed by atoms with Gasteiger partial charge in [0.15, 0.2) is 0 Å². The molecule has 6 heteroatoms. The number of aromatic nitrogens is 3. The van der Waals surface area contributed by atoms with Gasteiger partial charge in [0.2, 0.25) is 0 Å². The number of piperidine rings is 1. The highest BCUT2D eigenvalue weighted by Crippen LogP contribution is 2.19. The third kappa shape index (κ3) is 4.34. The summed E-state index contributed by atoms with van der Waals surface area (Å²) in [7, 11) is 1.96. The van der Waals surface area contributed by atoms with E-state index in [9.17, 15) is 4.79 Å². The van der Waals surface area contributed by atoms with Gasteiger partial charge in [-0.3, -0.25) is 0 Å². The van der Waals surface area contributed by atoms with Crippen LogP contribution in [-0.2, 0) is 19.9 Å². The second-order valence-corrected chi connectivity index (χ2v) is 6.48. The summed E-state index contributed by atoms with van der Waals surface area (Å²) in [6, 6.07) is 10.3. The molecule has 0 saturated carbocycles.